The summed E-state index contributed by atoms with van der Waals surface area (Å²) < 4.78 is 0. The first-order chi connectivity index (χ1) is 14.8. The van der Waals surface area contributed by atoms with Crippen LogP contribution in [0.25, 0.3) is 0 Å². The summed E-state index contributed by atoms with van der Waals surface area (Å²) in [7, 11) is 0. The summed E-state index contributed by atoms with van der Waals surface area (Å²) in [5.41, 5.74) is 4.87. The van der Waals surface area contributed by atoms with Crippen LogP contribution in [0.4, 0.5) is 0 Å². The van der Waals surface area contributed by atoms with Gasteiger partial charge >= 0.3 is 0 Å². The van der Waals surface area contributed by atoms with Crippen LogP contribution in [0.15, 0.2) is 24.3 Å². The van der Waals surface area contributed by atoms with Gasteiger partial charge in [0.15, 0.2) is 0 Å². The SMILES string of the molecule is C1CCC2(CC1)CCCC2.C1CCC2(CC1)CCCCC2.c1ccc2c(c1)CCC2. The molecule has 0 bridgehead atoms. The van der Waals surface area contributed by atoms with Crippen LogP contribution < -0.4 is 0 Å². The molecule has 30 heavy (non-hydrogen) atoms. The number of hydrogen-bond donors (Lipinski definition) is 0. The third-order valence-electron chi connectivity index (χ3n) is 9.42. The van der Waals surface area contributed by atoms with Gasteiger partial charge in [0, 0.05) is 0 Å². The second kappa shape index (κ2) is 11.2. The highest BCUT2D eigenvalue weighted by Crippen LogP contribution is 2.49. The highest BCUT2D eigenvalue weighted by Gasteiger charge is 2.34. The van der Waals surface area contributed by atoms with Crippen molar-refractivity contribution in [3.05, 3.63) is 35.4 Å². The van der Waals surface area contributed by atoms with Gasteiger partial charge in [0.05, 0.1) is 0 Å². The van der Waals surface area contributed by atoms with Crippen molar-refractivity contribution in [3.8, 4) is 0 Å². The summed E-state index contributed by atoms with van der Waals surface area (Å²) in [6.45, 7) is 0. The molecule has 2 spiro atoms. The van der Waals surface area contributed by atoms with Gasteiger partial charge in [-0.05, 0) is 92.6 Å². The fourth-order valence-electron chi connectivity index (χ4n) is 7.54. The van der Waals surface area contributed by atoms with Crippen LogP contribution in [-0.2, 0) is 12.8 Å². The third-order valence-corrected chi connectivity index (χ3v) is 9.42. The van der Waals surface area contributed by atoms with Crippen molar-refractivity contribution in [1.29, 1.82) is 0 Å². The molecule has 1 aromatic carbocycles. The Balaban J connectivity index is 0.000000109. The molecule has 0 aliphatic heterocycles. The van der Waals surface area contributed by atoms with E-state index in [1.165, 1.54) is 89.9 Å². The van der Waals surface area contributed by atoms with Gasteiger partial charge in [0.2, 0.25) is 0 Å². The Labute approximate surface area is 187 Å². The molecular formula is C30H48. The minimum atomic E-state index is 0.858. The molecule has 0 saturated heterocycles. The van der Waals surface area contributed by atoms with Crippen LogP contribution in [0.5, 0.6) is 0 Å². The molecular weight excluding hydrogens is 360 g/mol. The lowest BCUT2D eigenvalue weighted by Gasteiger charge is -2.40. The molecule has 0 heterocycles. The molecule has 0 aromatic heterocycles. The first-order valence-electron chi connectivity index (χ1n) is 13.9. The smallest absolute Gasteiger partial charge is 0.0273 e. The molecule has 0 atom stereocenters. The van der Waals surface area contributed by atoms with Gasteiger partial charge in [-0.2, -0.15) is 0 Å². The Bertz CT molecular complexity index is 558. The number of rotatable bonds is 0. The van der Waals surface area contributed by atoms with Crippen molar-refractivity contribution in [2.75, 3.05) is 0 Å². The maximum Gasteiger partial charge on any atom is -0.0273 e. The number of hydrogen-bond acceptors (Lipinski definition) is 0. The summed E-state index contributed by atoms with van der Waals surface area (Å²) in [5, 5.41) is 0. The van der Waals surface area contributed by atoms with E-state index in [0.29, 0.717) is 0 Å². The van der Waals surface area contributed by atoms with E-state index in [1.807, 2.05) is 0 Å². The topological polar surface area (TPSA) is 0 Å². The summed E-state index contributed by atoms with van der Waals surface area (Å²) in [4.78, 5) is 0. The van der Waals surface area contributed by atoms with Crippen LogP contribution in [0.2, 0.25) is 0 Å². The van der Waals surface area contributed by atoms with Crippen molar-refractivity contribution in [3.63, 3.8) is 0 Å². The van der Waals surface area contributed by atoms with Gasteiger partial charge in [-0.25, -0.2) is 0 Å². The first-order valence-corrected chi connectivity index (χ1v) is 13.9. The maximum absolute atomic E-state index is 2.24. The predicted octanol–water partition coefficient (Wildman–Crippen LogP) is 9.59. The van der Waals surface area contributed by atoms with Crippen LogP contribution in [0.3, 0.4) is 0 Å². The Morgan fingerprint density at radius 3 is 1.00 bits per heavy atom. The summed E-state index contributed by atoms with van der Waals surface area (Å²) in [6.07, 6.45) is 33.2. The molecule has 0 heteroatoms. The third kappa shape index (κ3) is 6.14. The lowest BCUT2D eigenvalue weighted by molar-refractivity contribution is 0.124. The van der Waals surface area contributed by atoms with Crippen molar-refractivity contribution >= 4 is 0 Å². The van der Waals surface area contributed by atoms with Crippen molar-refractivity contribution in [1.82, 2.24) is 0 Å². The molecule has 0 nitrogen and oxygen atoms in total. The Hall–Kier alpha value is -0.780. The quantitative estimate of drug-likeness (QED) is 0.401. The number of aryl methyl sites for hydroxylation is 2. The molecule has 0 amide bonds. The van der Waals surface area contributed by atoms with E-state index in [-0.39, 0.29) is 0 Å². The second-order valence-electron chi connectivity index (χ2n) is 11.5. The van der Waals surface area contributed by atoms with E-state index in [2.05, 4.69) is 24.3 Å². The minimum absolute atomic E-state index is 0.858. The average molecular weight is 409 g/mol. The molecule has 168 valence electrons. The average Bonchev–Trinajstić information content (AvgIpc) is 3.46. The van der Waals surface area contributed by atoms with Crippen LogP contribution in [0.1, 0.15) is 140 Å². The molecule has 5 aliphatic carbocycles. The highest BCUT2D eigenvalue weighted by molar-refractivity contribution is 5.30. The Morgan fingerprint density at radius 1 is 0.367 bits per heavy atom. The Kier molecular flexibility index (Phi) is 8.36. The summed E-state index contributed by atoms with van der Waals surface area (Å²) >= 11 is 0. The number of benzene rings is 1. The van der Waals surface area contributed by atoms with Crippen LogP contribution in [-0.4, -0.2) is 0 Å². The lowest BCUT2D eigenvalue weighted by Crippen LogP contribution is -2.26. The normalized spacial score (nSPS) is 26.3. The van der Waals surface area contributed by atoms with E-state index < -0.39 is 0 Å². The highest BCUT2D eigenvalue weighted by atomic mass is 14.4. The Morgan fingerprint density at radius 2 is 0.667 bits per heavy atom. The van der Waals surface area contributed by atoms with Gasteiger partial charge < -0.3 is 0 Å². The molecule has 0 N–H and O–H groups in total. The maximum atomic E-state index is 2.24. The van der Waals surface area contributed by atoms with Crippen LogP contribution >= 0.6 is 0 Å². The molecule has 5 aliphatic rings. The molecule has 4 saturated carbocycles. The lowest BCUT2D eigenvalue weighted by atomic mass is 9.65. The van der Waals surface area contributed by atoms with Gasteiger partial charge in [-0.15, -0.1) is 0 Å². The molecule has 4 fully saturated rings. The monoisotopic (exact) mass is 408 g/mol. The molecule has 6 rings (SSSR count). The minimum Gasteiger partial charge on any atom is -0.0620 e. The van der Waals surface area contributed by atoms with Gasteiger partial charge in [-0.3, -0.25) is 0 Å². The first kappa shape index (κ1) is 22.4. The molecule has 0 unspecified atom stereocenters. The van der Waals surface area contributed by atoms with Crippen molar-refractivity contribution < 1.29 is 0 Å². The summed E-state index contributed by atoms with van der Waals surface area (Å²) in [6, 6.07) is 8.74. The zero-order chi connectivity index (χ0) is 20.5. The molecule has 1 aromatic rings. The van der Waals surface area contributed by atoms with Crippen LogP contribution in [0, 0.1) is 10.8 Å². The standard InChI is InChI=1S/C11H20.C10H18.C9H10/c1-3-7-11(8-4-1)9-5-2-6-10-11;1-2-6-10(7-3-1)8-4-5-9-10;1-2-5-9-7-3-6-8(9)4-1/h1-10H2;1-9H2;1-2,4-5H,3,6-7H2. The van der Waals surface area contributed by atoms with Gasteiger partial charge in [0.25, 0.3) is 0 Å². The van der Waals surface area contributed by atoms with Gasteiger partial charge in [0.1, 0.15) is 0 Å². The second-order valence-corrected chi connectivity index (χ2v) is 11.5. The summed E-state index contributed by atoms with van der Waals surface area (Å²) in [5.74, 6) is 0. The van der Waals surface area contributed by atoms with Crippen molar-refractivity contribution in [2.45, 2.75) is 141 Å². The van der Waals surface area contributed by atoms with E-state index in [1.54, 1.807) is 62.5 Å². The largest absolute Gasteiger partial charge is 0.0620 e. The fraction of sp³-hybridized carbons (Fsp3) is 0.800. The fourth-order valence-corrected chi connectivity index (χ4v) is 7.54. The number of fused-ring (bicyclic) bond motifs is 1. The van der Waals surface area contributed by atoms with E-state index in [4.69, 9.17) is 0 Å². The molecule has 0 radical (unpaired) electrons. The zero-order valence-electron chi connectivity index (χ0n) is 19.9. The van der Waals surface area contributed by atoms with E-state index in [0.717, 1.165) is 10.8 Å². The zero-order valence-corrected chi connectivity index (χ0v) is 19.9. The van der Waals surface area contributed by atoms with E-state index >= 15 is 0 Å². The van der Waals surface area contributed by atoms with Gasteiger partial charge in [-0.1, -0.05) is 94.9 Å². The predicted molar refractivity (Wildman–Crippen MR) is 131 cm³/mol. The van der Waals surface area contributed by atoms with E-state index in [9.17, 15) is 0 Å². The van der Waals surface area contributed by atoms with Crippen molar-refractivity contribution in [2.24, 2.45) is 10.8 Å².